The monoisotopic (exact) mass is 191 g/mol. The molecule has 0 saturated carbocycles. The Balaban J connectivity index is 2.51. The number of nitrogens with one attached hydrogen (secondary N) is 1. The molecule has 1 aliphatic rings. The fourth-order valence-corrected chi connectivity index (χ4v) is 2.87. The second-order valence-corrected chi connectivity index (χ2v) is 5.99. The molecule has 1 heterocycles. The van der Waals surface area contributed by atoms with Crippen molar-refractivity contribution in [1.82, 2.24) is 5.32 Å². The van der Waals surface area contributed by atoms with Crippen LogP contribution in [0.3, 0.4) is 0 Å². The van der Waals surface area contributed by atoms with E-state index >= 15 is 0 Å². The number of sulfone groups is 1. The van der Waals surface area contributed by atoms with E-state index in [1.54, 1.807) is 6.92 Å². The molecule has 0 aromatic rings. The Bertz CT molecular complexity index is 235. The van der Waals surface area contributed by atoms with Crippen LogP contribution in [-0.4, -0.2) is 33.0 Å². The zero-order chi connectivity index (χ0) is 9.19. The first kappa shape index (κ1) is 9.99. The van der Waals surface area contributed by atoms with Gasteiger partial charge < -0.3 is 5.32 Å². The molecule has 1 fully saturated rings. The van der Waals surface area contributed by atoms with E-state index in [4.69, 9.17) is 0 Å². The molecule has 0 aliphatic carbocycles. The number of rotatable bonds is 3. The first-order valence-corrected chi connectivity index (χ1v) is 6.28. The van der Waals surface area contributed by atoms with Crippen LogP contribution in [0.5, 0.6) is 0 Å². The molecule has 0 radical (unpaired) electrons. The van der Waals surface area contributed by atoms with E-state index in [-0.39, 0.29) is 5.75 Å². The SMILES string of the molecule is CCS(=O)(=O)C[C@@H]1CNC[C@H]1C. The highest BCUT2D eigenvalue weighted by Crippen LogP contribution is 2.17. The quantitative estimate of drug-likeness (QED) is 0.697. The van der Waals surface area contributed by atoms with Crippen molar-refractivity contribution in [1.29, 1.82) is 0 Å². The molecule has 0 amide bonds. The Kier molecular flexibility index (Phi) is 3.12. The van der Waals surface area contributed by atoms with E-state index in [9.17, 15) is 8.42 Å². The Morgan fingerprint density at radius 1 is 1.42 bits per heavy atom. The van der Waals surface area contributed by atoms with Crippen LogP contribution in [0.15, 0.2) is 0 Å². The molecule has 0 unspecified atom stereocenters. The van der Waals surface area contributed by atoms with Crippen molar-refractivity contribution in [2.45, 2.75) is 13.8 Å². The minimum Gasteiger partial charge on any atom is -0.316 e. The molecular weight excluding hydrogens is 174 g/mol. The molecule has 1 N–H and O–H groups in total. The lowest BCUT2D eigenvalue weighted by Gasteiger charge is -2.12. The van der Waals surface area contributed by atoms with E-state index in [2.05, 4.69) is 12.2 Å². The Hall–Kier alpha value is -0.0900. The van der Waals surface area contributed by atoms with Gasteiger partial charge in [-0.2, -0.15) is 0 Å². The lowest BCUT2D eigenvalue weighted by Crippen LogP contribution is -2.22. The largest absolute Gasteiger partial charge is 0.316 e. The summed E-state index contributed by atoms with van der Waals surface area (Å²) in [6, 6.07) is 0. The van der Waals surface area contributed by atoms with Gasteiger partial charge in [0.25, 0.3) is 0 Å². The molecule has 12 heavy (non-hydrogen) atoms. The summed E-state index contributed by atoms with van der Waals surface area (Å²) >= 11 is 0. The molecule has 0 aromatic carbocycles. The van der Waals surface area contributed by atoms with Crippen LogP contribution in [0.2, 0.25) is 0 Å². The molecule has 1 aliphatic heterocycles. The van der Waals surface area contributed by atoms with Crippen LogP contribution in [0, 0.1) is 11.8 Å². The Morgan fingerprint density at radius 2 is 2.08 bits per heavy atom. The fourth-order valence-electron chi connectivity index (χ4n) is 1.53. The van der Waals surface area contributed by atoms with Crippen molar-refractivity contribution in [2.75, 3.05) is 24.6 Å². The highest BCUT2D eigenvalue weighted by molar-refractivity contribution is 7.91. The normalized spacial score (nSPS) is 30.8. The van der Waals surface area contributed by atoms with Crippen molar-refractivity contribution in [2.24, 2.45) is 11.8 Å². The standard InChI is InChI=1S/C8H17NO2S/c1-3-12(10,11)6-8-5-9-4-7(8)2/h7-9H,3-6H2,1-2H3/t7-,8+/m1/s1. The van der Waals surface area contributed by atoms with Crippen LogP contribution in [0.1, 0.15) is 13.8 Å². The highest BCUT2D eigenvalue weighted by atomic mass is 32.2. The molecular formula is C8H17NO2S. The second kappa shape index (κ2) is 3.75. The molecule has 72 valence electrons. The van der Waals surface area contributed by atoms with Crippen molar-refractivity contribution in [3.63, 3.8) is 0 Å². The molecule has 4 heteroatoms. The van der Waals surface area contributed by atoms with Gasteiger partial charge in [0.2, 0.25) is 0 Å². The summed E-state index contributed by atoms with van der Waals surface area (Å²) in [7, 11) is -2.78. The Morgan fingerprint density at radius 3 is 2.50 bits per heavy atom. The van der Waals surface area contributed by atoms with E-state index in [0.717, 1.165) is 13.1 Å². The van der Waals surface area contributed by atoms with Gasteiger partial charge in [-0.05, 0) is 24.9 Å². The first-order valence-electron chi connectivity index (χ1n) is 4.46. The average Bonchev–Trinajstić information content (AvgIpc) is 2.36. The van der Waals surface area contributed by atoms with Gasteiger partial charge in [-0.15, -0.1) is 0 Å². The lowest BCUT2D eigenvalue weighted by molar-refractivity contribution is 0.486. The van der Waals surface area contributed by atoms with Gasteiger partial charge in [-0.25, -0.2) is 8.42 Å². The van der Waals surface area contributed by atoms with Gasteiger partial charge in [0.15, 0.2) is 0 Å². The van der Waals surface area contributed by atoms with Gasteiger partial charge in [0.05, 0.1) is 5.75 Å². The van der Waals surface area contributed by atoms with Crippen LogP contribution < -0.4 is 5.32 Å². The van der Waals surface area contributed by atoms with Crippen LogP contribution in [0.25, 0.3) is 0 Å². The third kappa shape index (κ3) is 2.45. The van der Waals surface area contributed by atoms with Crippen LogP contribution >= 0.6 is 0 Å². The van der Waals surface area contributed by atoms with Gasteiger partial charge >= 0.3 is 0 Å². The maximum atomic E-state index is 11.3. The van der Waals surface area contributed by atoms with Crippen molar-refractivity contribution in [3.05, 3.63) is 0 Å². The van der Waals surface area contributed by atoms with E-state index in [1.165, 1.54) is 0 Å². The van der Waals surface area contributed by atoms with Crippen molar-refractivity contribution in [3.8, 4) is 0 Å². The van der Waals surface area contributed by atoms with Crippen LogP contribution in [0.4, 0.5) is 0 Å². The van der Waals surface area contributed by atoms with E-state index in [0.29, 0.717) is 17.6 Å². The number of hydrogen-bond donors (Lipinski definition) is 1. The molecule has 1 saturated heterocycles. The van der Waals surface area contributed by atoms with Gasteiger partial charge in [-0.3, -0.25) is 0 Å². The maximum absolute atomic E-state index is 11.3. The minimum absolute atomic E-state index is 0.274. The summed E-state index contributed by atoms with van der Waals surface area (Å²) in [6.07, 6.45) is 0. The molecule has 0 spiro atoms. The smallest absolute Gasteiger partial charge is 0.150 e. The van der Waals surface area contributed by atoms with E-state index in [1.807, 2.05) is 0 Å². The predicted molar refractivity (Wildman–Crippen MR) is 49.9 cm³/mol. The summed E-state index contributed by atoms with van der Waals surface area (Å²) in [5, 5.41) is 3.20. The average molecular weight is 191 g/mol. The zero-order valence-electron chi connectivity index (χ0n) is 7.71. The van der Waals surface area contributed by atoms with Gasteiger partial charge in [0, 0.05) is 5.75 Å². The zero-order valence-corrected chi connectivity index (χ0v) is 8.52. The lowest BCUT2D eigenvalue weighted by atomic mass is 10.0. The summed E-state index contributed by atoms with van der Waals surface area (Å²) in [4.78, 5) is 0. The molecule has 2 atom stereocenters. The molecule has 3 nitrogen and oxygen atoms in total. The van der Waals surface area contributed by atoms with Gasteiger partial charge in [-0.1, -0.05) is 13.8 Å². The third-order valence-corrected chi connectivity index (χ3v) is 4.40. The summed E-state index contributed by atoms with van der Waals surface area (Å²) in [5.41, 5.74) is 0. The van der Waals surface area contributed by atoms with Crippen molar-refractivity contribution < 1.29 is 8.42 Å². The summed E-state index contributed by atoms with van der Waals surface area (Å²) < 4.78 is 22.5. The highest BCUT2D eigenvalue weighted by Gasteiger charge is 2.27. The first-order chi connectivity index (χ1) is 5.55. The summed E-state index contributed by atoms with van der Waals surface area (Å²) in [6.45, 7) is 5.64. The predicted octanol–water partition coefficient (Wildman–Crippen LogP) is 0.277. The Labute approximate surface area is 74.5 Å². The third-order valence-electron chi connectivity index (χ3n) is 2.59. The fraction of sp³-hybridized carbons (Fsp3) is 1.00. The maximum Gasteiger partial charge on any atom is 0.150 e. The van der Waals surface area contributed by atoms with Crippen LogP contribution in [-0.2, 0) is 9.84 Å². The topological polar surface area (TPSA) is 46.2 Å². The van der Waals surface area contributed by atoms with Crippen molar-refractivity contribution >= 4 is 9.84 Å². The molecule has 0 bridgehead atoms. The summed E-state index contributed by atoms with van der Waals surface area (Å²) in [5.74, 6) is 1.47. The second-order valence-electron chi connectivity index (χ2n) is 3.59. The minimum atomic E-state index is -2.78. The van der Waals surface area contributed by atoms with Gasteiger partial charge in [0.1, 0.15) is 9.84 Å². The van der Waals surface area contributed by atoms with E-state index < -0.39 is 9.84 Å². The number of hydrogen-bond acceptors (Lipinski definition) is 3. The molecule has 0 aromatic heterocycles. The molecule has 1 rings (SSSR count).